The fourth-order valence-corrected chi connectivity index (χ4v) is 3.37. The van der Waals surface area contributed by atoms with Crippen molar-refractivity contribution in [1.82, 2.24) is 14.7 Å². The first-order valence-corrected chi connectivity index (χ1v) is 7.80. The third-order valence-electron chi connectivity index (χ3n) is 2.85. The molecule has 1 N–H and O–H groups in total. The Labute approximate surface area is 128 Å². The van der Waals surface area contributed by atoms with Gasteiger partial charge >= 0.3 is 0 Å². The molecule has 0 aliphatic heterocycles. The summed E-state index contributed by atoms with van der Waals surface area (Å²) in [6.07, 6.45) is 1.73. The fourth-order valence-electron chi connectivity index (χ4n) is 1.95. The number of fused-ring (bicyclic) bond motifs is 1. The van der Waals surface area contributed by atoms with E-state index < -0.39 is 0 Å². The molecule has 0 fully saturated rings. The molecule has 102 valence electrons. The van der Waals surface area contributed by atoms with E-state index in [1.54, 1.807) is 28.0 Å². The smallest absolute Gasteiger partial charge is 0.258 e. The maximum Gasteiger partial charge on any atom is 0.258 e. The zero-order valence-electron chi connectivity index (χ0n) is 10.5. The highest BCUT2D eigenvalue weighted by molar-refractivity contribution is 9.10. The quantitative estimate of drug-likeness (QED) is 0.787. The van der Waals surface area contributed by atoms with Crippen molar-refractivity contribution in [2.45, 2.75) is 13.1 Å². The average Bonchev–Trinajstić information content (AvgIpc) is 2.85. The van der Waals surface area contributed by atoms with E-state index in [0.717, 1.165) is 16.7 Å². The number of hydrogen-bond acceptors (Lipinski definition) is 4. The summed E-state index contributed by atoms with van der Waals surface area (Å²) in [5.74, 6) is 0. The Kier molecular flexibility index (Phi) is 3.95. The lowest BCUT2D eigenvalue weighted by atomic mass is 10.3. The number of rotatable bonds is 4. The molecule has 0 radical (unpaired) electrons. The Morgan fingerprint density at radius 3 is 3.00 bits per heavy atom. The number of halogens is 1. The van der Waals surface area contributed by atoms with Gasteiger partial charge in [0.05, 0.1) is 5.69 Å². The van der Waals surface area contributed by atoms with E-state index >= 15 is 0 Å². The maximum absolute atomic E-state index is 11.9. The van der Waals surface area contributed by atoms with Crippen LogP contribution in [0.5, 0.6) is 0 Å². The summed E-state index contributed by atoms with van der Waals surface area (Å²) >= 11 is 5.13. The van der Waals surface area contributed by atoms with Crippen LogP contribution in [0.2, 0.25) is 0 Å². The molecule has 0 atom stereocenters. The van der Waals surface area contributed by atoms with E-state index in [4.69, 9.17) is 0 Å². The van der Waals surface area contributed by atoms with Gasteiger partial charge in [0, 0.05) is 40.1 Å². The van der Waals surface area contributed by atoms with Gasteiger partial charge in [-0.3, -0.25) is 9.20 Å². The second-order valence-electron chi connectivity index (χ2n) is 4.35. The molecule has 0 aromatic carbocycles. The molecule has 0 aliphatic carbocycles. The van der Waals surface area contributed by atoms with Crippen molar-refractivity contribution < 1.29 is 0 Å². The monoisotopic (exact) mass is 349 g/mol. The SMILES string of the molecule is O=c1cc(CNCc2cc(Br)cs2)nc2ccccn12. The largest absolute Gasteiger partial charge is 0.306 e. The normalized spacial score (nSPS) is 11.1. The van der Waals surface area contributed by atoms with Crippen LogP contribution in [0.3, 0.4) is 0 Å². The number of thiophene rings is 1. The predicted molar refractivity (Wildman–Crippen MR) is 84.0 cm³/mol. The molecule has 3 rings (SSSR count). The lowest BCUT2D eigenvalue weighted by Gasteiger charge is -2.05. The minimum Gasteiger partial charge on any atom is -0.306 e. The summed E-state index contributed by atoms with van der Waals surface area (Å²) in [4.78, 5) is 17.6. The molecule has 0 saturated heterocycles. The van der Waals surface area contributed by atoms with Crippen molar-refractivity contribution in [3.63, 3.8) is 0 Å². The van der Waals surface area contributed by atoms with E-state index in [-0.39, 0.29) is 5.56 Å². The van der Waals surface area contributed by atoms with Gasteiger partial charge < -0.3 is 5.32 Å². The third kappa shape index (κ3) is 2.98. The Morgan fingerprint density at radius 1 is 1.30 bits per heavy atom. The molecule has 20 heavy (non-hydrogen) atoms. The van der Waals surface area contributed by atoms with Gasteiger partial charge in [0.1, 0.15) is 5.65 Å². The summed E-state index contributed by atoms with van der Waals surface area (Å²) in [6, 6.07) is 9.19. The van der Waals surface area contributed by atoms with Crippen molar-refractivity contribution in [3.05, 3.63) is 67.3 Å². The highest BCUT2D eigenvalue weighted by Gasteiger charge is 2.02. The van der Waals surface area contributed by atoms with Crippen molar-refractivity contribution >= 4 is 32.9 Å². The van der Waals surface area contributed by atoms with Gasteiger partial charge in [-0.25, -0.2) is 4.98 Å². The minimum absolute atomic E-state index is 0.0498. The minimum atomic E-state index is -0.0498. The van der Waals surface area contributed by atoms with Crippen LogP contribution < -0.4 is 10.9 Å². The van der Waals surface area contributed by atoms with Crippen molar-refractivity contribution in [2.24, 2.45) is 0 Å². The molecule has 0 saturated carbocycles. The summed E-state index contributed by atoms with van der Waals surface area (Å²) in [5, 5.41) is 5.36. The van der Waals surface area contributed by atoms with Crippen LogP contribution >= 0.6 is 27.3 Å². The summed E-state index contributed by atoms with van der Waals surface area (Å²) in [5.41, 5.74) is 1.39. The number of nitrogens with one attached hydrogen (secondary N) is 1. The third-order valence-corrected chi connectivity index (χ3v) is 4.55. The number of pyridine rings is 1. The highest BCUT2D eigenvalue weighted by atomic mass is 79.9. The molecule has 0 spiro atoms. The van der Waals surface area contributed by atoms with Crippen molar-refractivity contribution in [1.29, 1.82) is 0 Å². The second-order valence-corrected chi connectivity index (χ2v) is 6.26. The van der Waals surface area contributed by atoms with Gasteiger partial charge in [0.2, 0.25) is 0 Å². The Bertz CT molecular complexity index is 796. The van der Waals surface area contributed by atoms with Crippen LogP contribution in [0.25, 0.3) is 5.65 Å². The summed E-state index contributed by atoms with van der Waals surface area (Å²) < 4.78 is 2.64. The topological polar surface area (TPSA) is 46.4 Å². The van der Waals surface area contributed by atoms with E-state index in [2.05, 4.69) is 37.7 Å². The molecule has 3 heterocycles. The van der Waals surface area contributed by atoms with Crippen molar-refractivity contribution in [3.8, 4) is 0 Å². The van der Waals surface area contributed by atoms with Crippen LogP contribution in [-0.2, 0) is 13.1 Å². The number of aromatic nitrogens is 2. The molecule has 0 unspecified atom stereocenters. The van der Waals surface area contributed by atoms with E-state index in [1.807, 2.05) is 18.2 Å². The Balaban J connectivity index is 1.73. The van der Waals surface area contributed by atoms with Gasteiger partial charge in [-0.05, 0) is 34.1 Å². The van der Waals surface area contributed by atoms with Gasteiger partial charge in [-0.1, -0.05) is 6.07 Å². The first-order chi connectivity index (χ1) is 9.72. The van der Waals surface area contributed by atoms with E-state index in [1.165, 1.54) is 4.88 Å². The van der Waals surface area contributed by atoms with Gasteiger partial charge in [0.25, 0.3) is 5.56 Å². The van der Waals surface area contributed by atoms with Gasteiger partial charge in [-0.15, -0.1) is 11.3 Å². The standard InChI is InChI=1S/C14H12BrN3OS/c15-10-5-12(20-9-10)8-16-7-11-6-14(19)18-4-2-1-3-13(18)17-11/h1-6,9,16H,7-8H2. The molecular formula is C14H12BrN3OS. The predicted octanol–water partition coefficient (Wildman–Crippen LogP) is 2.81. The van der Waals surface area contributed by atoms with E-state index in [9.17, 15) is 4.79 Å². The average molecular weight is 350 g/mol. The molecular weight excluding hydrogens is 338 g/mol. The molecule has 4 nitrogen and oxygen atoms in total. The molecule has 0 amide bonds. The molecule has 3 aromatic heterocycles. The maximum atomic E-state index is 11.9. The Hall–Kier alpha value is -1.50. The molecule has 3 aromatic rings. The number of nitrogens with zero attached hydrogens (tertiary/aromatic N) is 2. The number of hydrogen-bond donors (Lipinski definition) is 1. The Morgan fingerprint density at radius 2 is 2.20 bits per heavy atom. The molecule has 0 bridgehead atoms. The second kappa shape index (κ2) is 5.87. The first kappa shape index (κ1) is 13.5. The summed E-state index contributed by atoms with van der Waals surface area (Å²) in [6.45, 7) is 1.35. The van der Waals surface area contributed by atoms with Gasteiger partial charge in [0.15, 0.2) is 0 Å². The summed E-state index contributed by atoms with van der Waals surface area (Å²) in [7, 11) is 0. The van der Waals surface area contributed by atoms with Crippen LogP contribution in [0.4, 0.5) is 0 Å². The van der Waals surface area contributed by atoms with Crippen molar-refractivity contribution in [2.75, 3.05) is 0 Å². The zero-order chi connectivity index (χ0) is 13.9. The molecule has 6 heteroatoms. The van der Waals surface area contributed by atoms with Crippen LogP contribution in [0.1, 0.15) is 10.6 Å². The molecule has 0 aliphatic rings. The fraction of sp³-hybridized carbons (Fsp3) is 0.143. The van der Waals surface area contributed by atoms with Gasteiger partial charge in [-0.2, -0.15) is 0 Å². The van der Waals surface area contributed by atoms with Crippen LogP contribution in [0, 0.1) is 0 Å². The lowest BCUT2D eigenvalue weighted by molar-refractivity contribution is 0.684. The lowest BCUT2D eigenvalue weighted by Crippen LogP contribution is -2.19. The van der Waals surface area contributed by atoms with Crippen LogP contribution in [-0.4, -0.2) is 9.38 Å². The zero-order valence-corrected chi connectivity index (χ0v) is 12.9. The van der Waals surface area contributed by atoms with E-state index in [0.29, 0.717) is 12.2 Å². The highest BCUT2D eigenvalue weighted by Crippen LogP contribution is 2.19. The first-order valence-electron chi connectivity index (χ1n) is 6.13. The van der Waals surface area contributed by atoms with Crippen LogP contribution in [0.15, 0.2) is 51.2 Å².